The summed E-state index contributed by atoms with van der Waals surface area (Å²) in [5.41, 5.74) is 1.26. The summed E-state index contributed by atoms with van der Waals surface area (Å²) in [5, 5.41) is 10.4. The van der Waals surface area contributed by atoms with Gasteiger partial charge in [0.25, 0.3) is 5.91 Å². The monoisotopic (exact) mass is 412 g/mol. The maximum absolute atomic E-state index is 12.4. The number of carbonyl (C=O) groups is 2. The number of thioether (sulfide) groups is 1. The minimum atomic E-state index is -0.989. The van der Waals surface area contributed by atoms with Gasteiger partial charge in [-0.05, 0) is 30.3 Å². The number of hydrogen-bond donors (Lipinski definition) is 1. The Hall–Kier alpha value is -1.67. The first kappa shape index (κ1) is 18.1. The van der Waals surface area contributed by atoms with Gasteiger partial charge < -0.3 is 5.11 Å². The number of carboxylic acids is 1. The molecule has 0 radical (unpaired) electrons. The molecule has 1 aromatic heterocycles. The fourth-order valence-corrected chi connectivity index (χ4v) is 3.96. The highest BCUT2D eigenvalue weighted by molar-refractivity contribution is 8.26. The topological polar surface area (TPSA) is 70.5 Å². The second-order valence-corrected chi connectivity index (χ2v) is 7.65. The Bertz CT molecular complexity index is 946. The van der Waals surface area contributed by atoms with Crippen LogP contribution in [0, 0.1) is 0 Å². The fourth-order valence-electron chi connectivity index (χ4n) is 2.28. The third kappa shape index (κ3) is 3.95. The van der Waals surface area contributed by atoms with Crippen LogP contribution >= 0.6 is 47.2 Å². The molecule has 1 saturated heterocycles. The number of benzene rings is 1. The molecule has 2 aromatic rings. The van der Waals surface area contributed by atoms with Crippen LogP contribution in [0.1, 0.15) is 12.0 Å². The van der Waals surface area contributed by atoms with Crippen LogP contribution in [0.25, 0.3) is 17.0 Å². The summed E-state index contributed by atoms with van der Waals surface area (Å²) < 4.78 is 0.324. The number of halogens is 2. The van der Waals surface area contributed by atoms with Crippen molar-refractivity contribution in [2.24, 2.45) is 0 Å². The van der Waals surface area contributed by atoms with E-state index in [0.29, 0.717) is 25.3 Å². The fraction of sp³-hybridized carbons (Fsp3) is 0.125. The number of carbonyl (C=O) groups excluding carboxylic acids is 1. The highest BCUT2D eigenvalue weighted by Gasteiger charge is 2.32. The van der Waals surface area contributed by atoms with Gasteiger partial charge in [0.05, 0.1) is 16.8 Å². The zero-order valence-electron chi connectivity index (χ0n) is 12.5. The molecule has 1 aliphatic heterocycles. The highest BCUT2D eigenvalue weighted by Crippen LogP contribution is 2.34. The second kappa shape index (κ2) is 7.29. The van der Waals surface area contributed by atoms with E-state index in [-0.39, 0.29) is 24.0 Å². The lowest BCUT2D eigenvalue weighted by molar-refractivity contribution is -0.137. The molecule has 3 rings (SSSR count). The Morgan fingerprint density at radius 2 is 2.12 bits per heavy atom. The predicted molar refractivity (Wildman–Crippen MR) is 104 cm³/mol. The Morgan fingerprint density at radius 1 is 1.36 bits per heavy atom. The zero-order valence-corrected chi connectivity index (χ0v) is 15.7. The summed E-state index contributed by atoms with van der Waals surface area (Å²) in [6, 6.07) is 7.04. The molecular formula is C16H10Cl2N2O3S2. The van der Waals surface area contributed by atoms with Crippen LogP contribution in [-0.4, -0.2) is 37.7 Å². The lowest BCUT2D eigenvalue weighted by atomic mass is 10.1. The number of amides is 1. The standard InChI is InChI=1S/C16H10Cl2N2O3S2/c17-10-1-2-11-8(6-10)5-9(14(18)19-11)7-12-15(23)20(16(24)25-12)4-3-13(21)22/h1-2,5-7H,3-4H2,(H,21,22)/b12-7-. The Balaban J connectivity index is 1.93. The van der Waals surface area contributed by atoms with E-state index in [4.69, 9.17) is 40.5 Å². The number of hydrogen-bond acceptors (Lipinski definition) is 5. The van der Waals surface area contributed by atoms with Gasteiger partial charge in [-0.15, -0.1) is 0 Å². The smallest absolute Gasteiger partial charge is 0.305 e. The van der Waals surface area contributed by atoms with Gasteiger partial charge in [-0.3, -0.25) is 14.5 Å². The molecule has 1 aliphatic rings. The minimum Gasteiger partial charge on any atom is -0.481 e. The predicted octanol–water partition coefficient (Wildman–Crippen LogP) is 4.22. The molecule has 1 aromatic carbocycles. The lowest BCUT2D eigenvalue weighted by Crippen LogP contribution is -2.30. The number of pyridine rings is 1. The van der Waals surface area contributed by atoms with Crippen molar-refractivity contribution in [3.05, 3.63) is 44.9 Å². The number of fused-ring (bicyclic) bond motifs is 1. The molecule has 2 heterocycles. The van der Waals surface area contributed by atoms with Gasteiger partial charge in [0.2, 0.25) is 0 Å². The molecule has 1 amide bonds. The maximum atomic E-state index is 12.4. The average molecular weight is 413 g/mol. The van der Waals surface area contributed by atoms with Gasteiger partial charge >= 0.3 is 5.97 Å². The molecule has 0 saturated carbocycles. The average Bonchev–Trinajstić information content (AvgIpc) is 2.80. The third-order valence-electron chi connectivity index (χ3n) is 3.47. The number of rotatable bonds is 4. The summed E-state index contributed by atoms with van der Waals surface area (Å²) in [6.45, 7) is 0.0383. The van der Waals surface area contributed by atoms with Crippen molar-refractivity contribution in [2.45, 2.75) is 6.42 Å². The van der Waals surface area contributed by atoms with E-state index >= 15 is 0 Å². The summed E-state index contributed by atoms with van der Waals surface area (Å²) in [5.74, 6) is -1.32. The molecule has 1 N–H and O–H groups in total. The molecule has 1 fully saturated rings. The van der Waals surface area contributed by atoms with E-state index in [1.54, 1.807) is 30.3 Å². The van der Waals surface area contributed by atoms with Crippen LogP contribution in [0.4, 0.5) is 0 Å². The van der Waals surface area contributed by atoms with Gasteiger partial charge in [-0.1, -0.05) is 47.2 Å². The van der Waals surface area contributed by atoms with E-state index in [2.05, 4.69) is 4.98 Å². The minimum absolute atomic E-state index is 0.0383. The van der Waals surface area contributed by atoms with Gasteiger partial charge in [0.15, 0.2) is 0 Å². The SMILES string of the molecule is O=C(O)CCN1C(=O)/C(=C/c2cc3cc(Cl)ccc3nc2Cl)SC1=S. The number of aliphatic carboxylic acids is 1. The molecule has 25 heavy (non-hydrogen) atoms. The van der Waals surface area contributed by atoms with Crippen LogP contribution < -0.4 is 0 Å². The molecular weight excluding hydrogens is 403 g/mol. The van der Waals surface area contributed by atoms with Gasteiger partial charge in [-0.25, -0.2) is 4.98 Å². The molecule has 0 aliphatic carbocycles. The van der Waals surface area contributed by atoms with Crippen molar-refractivity contribution >= 4 is 80.4 Å². The van der Waals surface area contributed by atoms with Crippen LogP contribution in [0.5, 0.6) is 0 Å². The third-order valence-corrected chi connectivity index (χ3v) is 5.38. The van der Waals surface area contributed by atoms with Gasteiger partial charge in [0.1, 0.15) is 9.47 Å². The van der Waals surface area contributed by atoms with Crippen molar-refractivity contribution in [3.63, 3.8) is 0 Å². The van der Waals surface area contributed by atoms with Crippen molar-refractivity contribution in [1.82, 2.24) is 9.88 Å². The lowest BCUT2D eigenvalue weighted by Gasteiger charge is -2.12. The van der Waals surface area contributed by atoms with Crippen LogP contribution in [-0.2, 0) is 9.59 Å². The number of carboxylic acid groups (broad SMARTS) is 1. The van der Waals surface area contributed by atoms with E-state index in [1.807, 2.05) is 0 Å². The van der Waals surface area contributed by atoms with Crippen LogP contribution in [0.3, 0.4) is 0 Å². The summed E-state index contributed by atoms with van der Waals surface area (Å²) in [7, 11) is 0. The van der Waals surface area contributed by atoms with E-state index in [9.17, 15) is 9.59 Å². The van der Waals surface area contributed by atoms with Gasteiger partial charge in [0, 0.05) is 22.5 Å². The first-order chi connectivity index (χ1) is 11.8. The number of aromatic nitrogens is 1. The van der Waals surface area contributed by atoms with Gasteiger partial charge in [-0.2, -0.15) is 0 Å². The highest BCUT2D eigenvalue weighted by atomic mass is 35.5. The zero-order chi connectivity index (χ0) is 18.1. The van der Waals surface area contributed by atoms with Crippen molar-refractivity contribution < 1.29 is 14.7 Å². The van der Waals surface area contributed by atoms with Crippen LogP contribution in [0.15, 0.2) is 29.2 Å². The van der Waals surface area contributed by atoms with E-state index < -0.39 is 5.97 Å². The maximum Gasteiger partial charge on any atom is 0.305 e. The van der Waals surface area contributed by atoms with Crippen molar-refractivity contribution in [1.29, 1.82) is 0 Å². The molecule has 0 unspecified atom stereocenters. The molecule has 5 nitrogen and oxygen atoms in total. The molecule has 0 bridgehead atoms. The summed E-state index contributed by atoms with van der Waals surface area (Å²) in [6.07, 6.45) is 1.44. The molecule has 128 valence electrons. The normalized spacial score (nSPS) is 16.2. The van der Waals surface area contributed by atoms with Crippen molar-refractivity contribution in [2.75, 3.05) is 6.54 Å². The molecule has 0 atom stereocenters. The van der Waals surface area contributed by atoms with E-state index in [0.717, 1.165) is 17.1 Å². The Kier molecular flexibility index (Phi) is 5.29. The Morgan fingerprint density at radius 3 is 2.84 bits per heavy atom. The van der Waals surface area contributed by atoms with E-state index in [1.165, 1.54) is 4.90 Å². The number of thiocarbonyl (C=S) groups is 1. The molecule has 9 heteroatoms. The number of nitrogens with zero attached hydrogens (tertiary/aromatic N) is 2. The van der Waals surface area contributed by atoms with Crippen LogP contribution in [0.2, 0.25) is 10.2 Å². The Labute approximate surface area is 162 Å². The second-order valence-electron chi connectivity index (χ2n) is 5.18. The summed E-state index contributed by atoms with van der Waals surface area (Å²) in [4.78, 5) is 29.1. The first-order valence-corrected chi connectivity index (χ1v) is 9.06. The molecule has 0 spiro atoms. The summed E-state index contributed by atoms with van der Waals surface area (Å²) >= 11 is 18.5. The quantitative estimate of drug-likeness (QED) is 0.460. The largest absolute Gasteiger partial charge is 0.481 e. The first-order valence-electron chi connectivity index (χ1n) is 7.08. The van der Waals surface area contributed by atoms with Crippen molar-refractivity contribution in [3.8, 4) is 0 Å².